The summed E-state index contributed by atoms with van der Waals surface area (Å²) < 4.78 is 32.5. The molecule has 1 unspecified atom stereocenters. The summed E-state index contributed by atoms with van der Waals surface area (Å²) in [7, 11) is -3.58. The molecule has 1 aromatic carbocycles. The number of likely N-dealkylation sites (tertiary alicyclic amines) is 1. The van der Waals surface area contributed by atoms with Crippen molar-refractivity contribution in [3.8, 4) is 0 Å². The van der Waals surface area contributed by atoms with Gasteiger partial charge in [0.25, 0.3) is 0 Å². The molecule has 0 saturated carbocycles. The second-order valence-electron chi connectivity index (χ2n) is 7.88. The number of hydrogen-bond donors (Lipinski definition) is 0. The Morgan fingerprint density at radius 3 is 2.40 bits per heavy atom. The lowest BCUT2D eigenvalue weighted by Gasteiger charge is -2.34. The van der Waals surface area contributed by atoms with Gasteiger partial charge in [0.15, 0.2) is 0 Å². The van der Waals surface area contributed by atoms with E-state index < -0.39 is 10.0 Å². The van der Waals surface area contributed by atoms with Crippen LogP contribution in [0.1, 0.15) is 31.7 Å². The molecule has 0 N–H and O–H groups in total. The van der Waals surface area contributed by atoms with E-state index in [0.717, 1.165) is 18.4 Å². The molecule has 30 heavy (non-hydrogen) atoms. The average molecular weight is 438 g/mol. The molecule has 1 atom stereocenters. The molecule has 1 aromatic rings. The number of carbonyl (C=O) groups excluding carboxylic acids is 2. The van der Waals surface area contributed by atoms with Crippen molar-refractivity contribution in [2.75, 3.05) is 45.9 Å². The number of nitrogens with zero attached hydrogens (tertiary/aromatic N) is 3. The summed E-state index contributed by atoms with van der Waals surface area (Å²) in [4.78, 5) is 28.7. The predicted octanol–water partition coefficient (Wildman–Crippen LogP) is 2.09. The molecular weight excluding hydrogens is 406 g/mol. The van der Waals surface area contributed by atoms with Crippen LogP contribution in [0.4, 0.5) is 4.79 Å². The largest absolute Gasteiger partial charge is 0.450 e. The fourth-order valence-corrected chi connectivity index (χ4v) is 5.50. The van der Waals surface area contributed by atoms with Crippen molar-refractivity contribution in [2.45, 2.75) is 38.0 Å². The van der Waals surface area contributed by atoms with Crippen LogP contribution in [0.2, 0.25) is 0 Å². The fourth-order valence-electron chi connectivity index (χ4n) is 4.03. The first-order chi connectivity index (χ1) is 14.3. The minimum Gasteiger partial charge on any atom is -0.450 e. The van der Waals surface area contributed by atoms with Gasteiger partial charge in [0.05, 0.1) is 17.4 Å². The van der Waals surface area contributed by atoms with Gasteiger partial charge in [-0.15, -0.1) is 0 Å². The Bertz CT molecular complexity index is 856. The zero-order valence-electron chi connectivity index (χ0n) is 17.7. The Labute approximate surface area is 178 Å². The summed E-state index contributed by atoms with van der Waals surface area (Å²) >= 11 is 0. The van der Waals surface area contributed by atoms with Crippen LogP contribution in [-0.2, 0) is 19.6 Å². The number of ether oxygens (including phenoxy) is 1. The third-order valence-corrected chi connectivity index (χ3v) is 7.63. The van der Waals surface area contributed by atoms with Crippen molar-refractivity contribution in [1.82, 2.24) is 14.1 Å². The van der Waals surface area contributed by atoms with Gasteiger partial charge in [0, 0.05) is 39.3 Å². The van der Waals surface area contributed by atoms with E-state index in [1.807, 2.05) is 6.92 Å². The van der Waals surface area contributed by atoms with Crippen LogP contribution < -0.4 is 0 Å². The Kier molecular flexibility index (Phi) is 7.36. The summed E-state index contributed by atoms with van der Waals surface area (Å²) in [6, 6.07) is 6.84. The number of hydrogen-bond acceptors (Lipinski definition) is 5. The molecule has 3 rings (SSSR count). The first kappa shape index (κ1) is 22.6. The van der Waals surface area contributed by atoms with Gasteiger partial charge in [-0.2, -0.15) is 4.31 Å². The molecule has 8 nitrogen and oxygen atoms in total. The van der Waals surface area contributed by atoms with Crippen molar-refractivity contribution in [3.05, 3.63) is 29.8 Å². The SMILES string of the molecule is CCOC(=O)N1CCCC(C(=O)N2CCCN(S(=O)(=O)c3ccc(C)cc3)CC2)C1. The summed E-state index contributed by atoms with van der Waals surface area (Å²) in [6.07, 6.45) is 1.71. The topological polar surface area (TPSA) is 87.2 Å². The van der Waals surface area contributed by atoms with E-state index >= 15 is 0 Å². The van der Waals surface area contributed by atoms with Crippen LogP contribution in [0, 0.1) is 12.8 Å². The summed E-state index contributed by atoms with van der Waals surface area (Å²) in [6.45, 7) is 6.50. The van der Waals surface area contributed by atoms with Crippen molar-refractivity contribution in [3.63, 3.8) is 0 Å². The van der Waals surface area contributed by atoms with Gasteiger partial charge in [-0.05, 0) is 45.2 Å². The van der Waals surface area contributed by atoms with E-state index in [4.69, 9.17) is 4.74 Å². The first-order valence-corrected chi connectivity index (χ1v) is 12.0. The molecule has 0 radical (unpaired) electrons. The first-order valence-electron chi connectivity index (χ1n) is 10.6. The van der Waals surface area contributed by atoms with Crippen LogP contribution in [0.15, 0.2) is 29.2 Å². The molecule has 166 valence electrons. The molecule has 2 aliphatic rings. The molecular formula is C21H31N3O5S. The van der Waals surface area contributed by atoms with Gasteiger partial charge >= 0.3 is 6.09 Å². The zero-order valence-corrected chi connectivity index (χ0v) is 18.6. The van der Waals surface area contributed by atoms with Gasteiger partial charge in [0.1, 0.15) is 0 Å². The quantitative estimate of drug-likeness (QED) is 0.720. The highest BCUT2D eigenvalue weighted by molar-refractivity contribution is 7.89. The monoisotopic (exact) mass is 437 g/mol. The van der Waals surface area contributed by atoms with Gasteiger partial charge < -0.3 is 14.5 Å². The molecule has 2 amide bonds. The minimum atomic E-state index is -3.58. The Hall–Kier alpha value is -2.13. The van der Waals surface area contributed by atoms with E-state index in [0.29, 0.717) is 45.8 Å². The molecule has 0 bridgehead atoms. The van der Waals surface area contributed by atoms with Crippen molar-refractivity contribution in [1.29, 1.82) is 0 Å². The van der Waals surface area contributed by atoms with Crippen LogP contribution in [0.3, 0.4) is 0 Å². The maximum absolute atomic E-state index is 13.1. The highest BCUT2D eigenvalue weighted by Gasteiger charge is 2.34. The van der Waals surface area contributed by atoms with Crippen LogP contribution in [0.5, 0.6) is 0 Å². The van der Waals surface area contributed by atoms with Gasteiger partial charge in [-0.25, -0.2) is 13.2 Å². The zero-order chi connectivity index (χ0) is 21.7. The summed E-state index contributed by atoms with van der Waals surface area (Å²) in [5, 5.41) is 0. The highest BCUT2D eigenvalue weighted by atomic mass is 32.2. The number of benzene rings is 1. The van der Waals surface area contributed by atoms with Crippen molar-refractivity contribution >= 4 is 22.0 Å². The van der Waals surface area contributed by atoms with Crippen LogP contribution >= 0.6 is 0 Å². The normalized spacial score (nSPS) is 21.2. The maximum atomic E-state index is 13.1. The van der Waals surface area contributed by atoms with E-state index in [2.05, 4.69) is 0 Å². The number of amides is 2. The molecule has 0 aromatic heterocycles. The van der Waals surface area contributed by atoms with E-state index in [1.165, 1.54) is 4.31 Å². The number of piperidine rings is 1. The van der Waals surface area contributed by atoms with Gasteiger partial charge in [0.2, 0.25) is 15.9 Å². The second-order valence-corrected chi connectivity index (χ2v) is 9.82. The molecule has 0 aliphatic carbocycles. The lowest BCUT2D eigenvalue weighted by Crippen LogP contribution is -2.47. The molecule has 2 aliphatic heterocycles. The predicted molar refractivity (Wildman–Crippen MR) is 112 cm³/mol. The second kappa shape index (κ2) is 9.78. The Morgan fingerprint density at radius 2 is 1.70 bits per heavy atom. The Morgan fingerprint density at radius 1 is 1.00 bits per heavy atom. The average Bonchev–Trinajstić information content (AvgIpc) is 3.01. The summed E-state index contributed by atoms with van der Waals surface area (Å²) in [5.41, 5.74) is 1.01. The molecule has 9 heteroatoms. The van der Waals surface area contributed by atoms with Crippen molar-refractivity contribution < 1.29 is 22.7 Å². The van der Waals surface area contributed by atoms with Crippen LogP contribution in [-0.4, -0.2) is 80.4 Å². The van der Waals surface area contributed by atoms with Gasteiger partial charge in [-0.1, -0.05) is 17.7 Å². The summed E-state index contributed by atoms with van der Waals surface area (Å²) in [5.74, 6) is -0.262. The maximum Gasteiger partial charge on any atom is 0.409 e. The standard InChI is InChI=1S/C21H31N3O5S/c1-3-29-21(26)23-11-4-6-18(16-23)20(25)22-12-5-13-24(15-14-22)30(27,28)19-9-7-17(2)8-10-19/h7-10,18H,3-6,11-16H2,1-2H3. The van der Waals surface area contributed by atoms with E-state index in [-0.39, 0.29) is 29.4 Å². The highest BCUT2D eigenvalue weighted by Crippen LogP contribution is 2.22. The third-order valence-electron chi connectivity index (χ3n) is 5.72. The molecule has 2 fully saturated rings. The number of aryl methyl sites for hydroxylation is 1. The fraction of sp³-hybridized carbons (Fsp3) is 0.619. The number of carbonyl (C=O) groups is 2. The third kappa shape index (κ3) is 5.13. The van der Waals surface area contributed by atoms with E-state index in [9.17, 15) is 18.0 Å². The minimum absolute atomic E-state index is 0.00131. The number of sulfonamides is 1. The van der Waals surface area contributed by atoms with Gasteiger partial charge in [-0.3, -0.25) is 4.79 Å². The molecule has 0 spiro atoms. The van der Waals surface area contributed by atoms with Crippen LogP contribution in [0.25, 0.3) is 0 Å². The van der Waals surface area contributed by atoms with Crippen molar-refractivity contribution in [2.24, 2.45) is 5.92 Å². The Balaban J connectivity index is 1.62. The number of rotatable bonds is 4. The molecule has 2 heterocycles. The lowest BCUT2D eigenvalue weighted by molar-refractivity contribution is -0.136. The lowest BCUT2D eigenvalue weighted by atomic mass is 9.96. The molecule has 2 saturated heterocycles. The van der Waals surface area contributed by atoms with E-state index in [1.54, 1.807) is 41.0 Å². The smallest absolute Gasteiger partial charge is 0.409 e.